The number of carbonyl (C=O) groups is 1. The summed E-state index contributed by atoms with van der Waals surface area (Å²) in [5.41, 5.74) is 0.949. The Morgan fingerprint density at radius 2 is 2.00 bits per heavy atom. The molecule has 3 rings (SSSR count). The molecule has 0 aliphatic rings. The second kappa shape index (κ2) is 7.59. The molecule has 26 heavy (non-hydrogen) atoms. The third-order valence-corrected chi connectivity index (χ3v) is 3.68. The maximum Gasteiger partial charge on any atom is 0.362 e. The number of nitrogens with one attached hydrogen (secondary N) is 1. The number of rotatable bonds is 4. The number of carboxylic acid groups (broad SMARTS) is 1. The van der Waals surface area contributed by atoms with Gasteiger partial charge in [0.2, 0.25) is 5.69 Å². The Kier molecular flexibility index (Phi) is 5.06. The lowest BCUT2D eigenvalue weighted by atomic mass is 10.1. The van der Waals surface area contributed by atoms with Gasteiger partial charge in [-0.3, -0.25) is 0 Å². The van der Waals surface area contributed by atoms with Crippen molar-refractivity contribution >= 4 is 17.6 Å². The maximum atomic E-state index is 11.1. The van der Waals surface area contributed by atoms with Crippen LogP contribution in [0.5, 0.6) is 17.4 Å². The van der Waals surface area contributed by atoms with Crippen LogP contribution in [0.2, 0.25) is 5.02 Å². The molecule has 3 aromatic rings. The van der Waals surface area contributed by atoms with Gasteiger partial charge in [0, 0.05) is 11.6 Å². The minimum Gasteiger partial charge on any atom is -0.495 e. The van der Waals surface area contributed by atoms with Crippen LogP contribution in [0.4, 0.5) is 0 Å². The van der Waals surface area contributed by atoms with Crippen molar-refractivity contribution in [1.29, 1.82) is 0 Å². The number of methoxy groups -OCH3 is 1. The molecule has 8 heteroatoms. The van der Waals surface area contributed by atoms with E-state index in [4.69, 9.17) is 26.2 Å². The molecule has 7 nitrogen and oxygen atoms in total. The van der Waals surface area contributed by atoms with Crippen LogP contribution in [-0.2, 0) is 0 Å². The Labute approximate surface area is 153 Å². The van der Waals surface area contributed by atoms with Crippen molar-refractivity contribution in [3.05, 3.63) is 64.3 Å². The second-order valence-electron chi connectivity index (χ2n) is 5.00. The molecule has 0 spiro atoms. The van der Waals surface area contributed by atoms with Crippen molar-refractivity contribution < 1.29 is 19.4 Å². The first kappa shape index (κ1) is 17.3. The number of hydrogen-bond acceptors (Lipinski definition) is 5. The zero-order valence-electron chi connectivity index (χ0n) is 13.5. The van der Waals surface area contributed by atoms with Gasteiger partial charge in [0.05, 0.1) is 17.7 Å². The summed E-state index contributed by atoms with van der Waals surface area (Å²) < 4.78 is 10.8. The summed E-state index contributed by atoms with van der Waals surface area (Å²) in [6, 6.07) is 12.5. The molecule has 0 saturated heterocycles. The van der Waals surface area contributed by atoms with Crippen LogP contribution in [0.1, 0.15) is 21.6 Å². The number of benzene rings is 2. The largest absolute Gasteiger partial charge is 0.495 e. The normalized spacial score (nSPS) is 9.92. The predicted octanol–water partition coefficient (Wildman–Crippen LogP) is 3.36. The van der Waals surface area contributed by atoms with Gasteiger partial charge in [-0.1, -0.05) is 46.9 Å². The van der Waals surface area contributed by atoms with Crippen molar-refractivity contribution in [1.82, 2.24) is 15.4 Å². The molecule has 0 fully saturated rings. The smallest absolute Gasteiger partial charge is 0.362 e. The lowest BCUT2D eigenvalue weighted by molar-refractivity contribution is 0.0687. The Balaban J connectivity index is 1.98. The van der Waals surface area contributed by atoms with Gasteiger partial charge in [-0.2, -0.15) is 0 Å². The van der Waals surface area contributed by atoms with Gasteiger partial charge < -0.3 is 14.6 Å². The van der Waals surface area contributed by atoms with E-state index in [0.717, 1.165) is 5.56 Å². The summed E-state index contributed by atoms with van der Waals surface area (Å²) in [6.07, 6.45) is 0. The van der Waals surface area contributed by atoms with E-state index < -0.39 is 5.97 Å². The van der Waals surface area contributed by atoms with Crippen molar-refractivity contribution in [2.75, 3.05) is 7.11 Å². The highest BCUT2D eigenvalue weighted by Gasteiger charge is 2.18. The molecular weight excluding hydrogens is 358 g/mol. The summed E-state index contributed by atoms with van der Waals surface area (Å²) in [6.45, 7) is 0. The molecule has 2 aromatic carbocycles. The molecule has 0 bridgehead atoms. The molecule has 1 heterocycles. The van der Waals surface area contributed by atoms with Crippen LogP contribution in [0.25, 0.3) is 0 Å². The monoisotopic (exact) mass is 369 g/mol. The highest BCUT2D eigenvalue weighted by atomic mass is 35.5. The average Bonchev–Trinajstić information content (AvgIpc) is 3.11. The van der Waals surface area contributed by atoms with E-state index in [1.165, 1.54) is 13.2 Å². The number of aromatic amines is 1. The lowest BCUT2D eigenvalue weighted by Gasteiger charge is -2.09. The first-order valence-electron chi connectivity index (χ1n) is 7.35. The fourth-order valence-corrected chi connectivity index (χ4v) is 2.31. The molecule has 2 N–H and O–H groups in total. The topological polar surface area (TPSA) is 97.3 Å². The summed E-state index contributed by atoms with van der Waals surface area (Å²) in [4.78, 5) is 11.1. The molecule has 0 amide bonds. The van der Waals surface area contributed by atoms with Gasteiger partial charge in [0.15, 0.2) is 0 Å². The zero-order valence-corrected chi connectivity index (χ0v) is 14.2. The van der Waals surface area contributed by atoms with Gasteiger partial charge in [-0.15, -0.1) is 5.10 Å². The van der Waals surface area contributed by atoms with E-state index in [2.05, 4.69) is 27.3 Å². The Bertz CT molecular complexity index is 1010. The van der Waals surface area contributed by atoms with Crippen molar-refractivity contribution in [3.8, 4) is 29.2 Å². The van der Waals surface area contributed by atoms with Gasteiger partial charge in [0.25, 0.3) is 5.88 Å². The van der Waals surface area contributed by atoms with Crippen LogP contribution in [0.15, 0.2) is 42.5 Å². The highest BCUT2D eigenvalue weighted by molar-refractivity contribution is 6.33. The van der Waals surface area contributed by atoms with E-state index in [-0.39, 0.29) is 17.3 Å². The molecule has 0 radical (unpaired) electrons. The van der Waals surface area contributed by atoms with Crippen molar-refractivity contribution in [2.24, 2.45) is 0 Å². The van der Waals surface area contributed by atoms with E-state index >= 15 is 0 Å². The van der Waals surface area contributed by atoms with Crippen LogP contribution in [0.3, 0.4) is 0 Å². The van der Waals surface area contributed by atoms with Crippen LogP contribution in [-0.4, -0.2) is 33.6 Å². The van der Waals surface area contributed by atoms with Crippen LogP contribution in [0, 0.1) is 11.8 Å². The molecule has 0 aliphatic carbocycles. The first-order valence-corrected chi connectivity index (χ1v) is 7.73. The Morgan fingerprint density at radius 1 is 1.23 bits per heavy atom. The maximum absolute atomic E-state index is 11.1. The van der Waals surface area contributed by atoms with E-state index in [0.29, 0.717) is 16.3 Å². The minimum absolute atomic E-state index is 0.108. The Morgan fingerprint density at radius 3 is 2.69 bits per heavy atom. The summed E-state index contributed by atoms with van der Waals surface area (Å²) in [5, 5.41) is 18.7. The quantitative estimate of drug-likeness (QED) is 0.684. The predicted molar refractivity (Wildman–Crippen MR) is 93.8 cm³/mol. The third-order valence-electron chi connectivity index (χ3n) is 3.29. The lowest BCUT2D eigenvalue weighted by Crippen LogP contribution is -2.00. The third kappa shape index (κ3) is 3.77. The highest BCUT2D eigenvalue weighted by Crippen LogP contribution is 2.34. The number of aromatic carboxylic acids is 1. The van der Waals surface area contributed by atoms with Crippen molar-refractivity contribution in [3.63, 3.8) is 0 Å². The number of ether oxygens (including phenoxy) is 2. The fraction of sp³-hybridized carbons (Fsp3) is 0.0556. The number of halogens is 1. The molecule has 0 unspecified atom stereocenters. The van der Waals surface area contributed by atoms with Gasteiger partial charge in [0.1, 0.15) is 11.5 Å². The standard InChI is InChI=1S/C18H12ClN3O4/c1-25-14-10-13(26-17-16(18(23)24)20-22-21-17)9-12(15(14)19)8-7-11-5-3-2-4-6-11/h2-6,9-10H,1H3,(H,23,24)(H,20,21,22). The summed E-state index contributed by atoms with van der Waals surface area (Å²) in [5.74, 6) is 5.20. The van der Waals surface area contributed by atoms with Gasteiger partial charge in [-0.05, 0) is 18.2 Å². The molecule has 0 aliphatic heterocycles. The van der Waals surface area contributed by atoms with E-state index in [1.54, 1.807) is 6.07 Å². The van der Waals surface area contributed by atoms with Gasteiger partial charge >= 0.3 is 5.97 Å². The number of aromatic nitrogens is 3. The SMILES string of the molecule is COc1cc(Oc2[nH]nnc2C(=O)O)cc(C#Cc2ccccc2)c1Cl. The van der Waals surface area contributed by atoms with Gasteiger partial charge in [-0.25, -0.2) is 9.89 Å². The molecule has 0 atom stereocenters. The summed E-state index contributed by atoms with van der Waals surface area (Å²) >= 11 is 6.30. The molecule has 0 saturated carbocycles. The minimum atomic E-state index is -1.27. The van der Waals surface area contributed by atoms with Crippen LogP contribution >= 0.6 is 11.6 Å². The number of hydrogen-bond donors (Lipinski definition) is 2. The number of H-pyrrole nitrogens is 1. The Hall–Kier alpha value is -3.50. The fourth-order valence-electron chi connectivity index (χ4n) is 2.08. The average molecular weight is 370 g/mol. The first-order chi connectivity index (χ1) is 12.6. The second-order valence-corrected chi connectivity index (χ2v) is 5.38. The van der Waals surface area contributed by atoms with E-state index in [1.807, 2.05) is 30.3 Å². The molecule has 130 valence electrons. The van der Waals surface area contributed by atoms with Crippen molar-refractivity contribution in [2.45, 2.75) is 0 Å². The number of carboxylic acids is 1. The summed E-state index contributed by atoms with van der Waals surface area (Å²) in [7, 11) is 1.46. The van der Waals surface area contributed by atoms with E-state index in [9.17, 15) is 4.79 Å². The van der Waals surface area contributed by atoms with Crippen LogP contribution < -0.4 is 9.47 Å². The molecular formula is C18H12ClN3O4. The molecule has 1 aromatic heterocycles. The number of nitrogens with zero attached hydrogens (tertiary/aromatic N) is 2. The zero-order chi connectivity index (χ0) is 18.5.